The van der Waals surface area contributed by atoms with Crippen molar-refractivity contribution in [1.82, 2.24) is 30.0 Å². The van der Waals surface area contributed by atoms with Crippen LogP contribution in [-0.2, 0) is 26.2 Å². The number of benzene rings is 1. The van der Waals surface area contributed by atoms with Gasteiger partial charge in [-0.25, -0.2) is 19.4 Å². The Hall–Kier alpha value is -3.42. The average molecular weight is 378 g/mol. The van der Waals surface area contributed by atoms with Gasteiger partial charge in [-0.15, -0.1) is 0 Å². The van der Waals surface area contributed by atoms with Crippen molar-refractivity contribution in [2.45, 2.75) is 33.2 Å². The predicted molar refractivity (Wildman–Crippen MR) is 102 cm³/mol. The van der Waals surface area contributed by atoms with Gasteiger partial charge >= 0.3 is 6.03 Å². The van der Waals surface area contributed by atoms with Gasteiger partial charge in [0, 0.05) is 25.4 Å². The molecule has 8 nitrogen and oxygen atoms in total. The van der Waals surface area contributed by atoms with Crippen molar-refractivity contribution in [3.63, 3.8) is 0 Å². The van der Waals surface area contributed by atoms with E-state index in [9.17, 15) is 4.79 Å². The molecule has 0 fully saturated rings. The van der Waals surface area contributed by atoms with Gasteiger partial charge in [-0.3, -0.25) is 0 Å². The van der Waals surface area contributed by atoms with E-state index in [-0.39, 0.29) is 6.03 Å². The maximum Gasteiger partial charge on any atom is 0.318 e. The lowest BCUT2D eigenvalue weighted by Gasteiger charge is -2.26. The minimum Gasteiger partial charge on any atom is -0.473 e. The Morgan fingerprint density at radius 2 is 2.04 bits per heavy atom. The van der Waals surface area contributed by atoms with E-state index in [1.807, 2.05) is 54.1 Å². The minimum absolute atomic E-state index is 0.115. The first-order chi connectivity index (χ1) is 13.7. The smallest absolute Gasteiger partial charge is 0.318 e. The third-order valence-corrected chi connectivity index (χ3v) is 4.53. The fourth-order valence-corrected chi connectivity index (χ4v) is 3.09. The number of rotatable bonds is 5. The molecule has 0 saturated heterocycles. The lowest BCUT2D eigenvalue weighted by Crippen LogP contribution is -2.44. The van der Waals surface area contributed by atoms with Crippen LogP contribution in [0.4, 0.5) is 4.79 Å². The summed E-state index contributed by atoms with van der Waals surface area (Å²) in [4.78, 5) is 22.8. The van der Waals surface area contributed by atoms with Gasteiger partial charge in [-0.1, -0.05) is 30.3 Å². The third-order valence-electron chi connectivity index (χ3n) is 4.53. The number of pyridine rings is 1. The molecule has 1 aliphatic heterocycles. The number of nitrogens with one attached hydrogen (secondary N) is 1. The second-order valence-corrected chi connectivity index (χ2v) is 6.66. The average Bonchev–Trinajstić information content (AvgIpc) is 3.11. The monoisotopic (exact) mass is 378 g/mol. The van der Waals surface area contributed by atoms with Crippen molar-refractivity contribution >= 4 is 6.03 Å². The van der Waals surface area contributed by atoms with E-state index in [0.29, 0.717) is 38.7 Å². The number of hydrogen-bond donors (Lipinski definition) is 1. The first-order valence-electron chi connectivity index (χ1n) is 9.22. The molecule has 1 aliphatic rings. The summed E-state index contributed by atoms with van der Waals surface area (Å²) in [5.41, 5.74) is 2.01. The van der Waals surface area contributed by atoms with E-state index in [1.165, 1.54) is 0 Å². The molecule has 0 spiro atoms. The minimum atomic E-state index is -0.115. The Kier molecular flexibility index (Phi) is 5.18. The predicted octanol–water partition coefficient (Wildman–Crippen LogP) is 2.29. The third kappa shape index (κ3) is 4.28. The molecule has 2 aromatic heterocycles. The number of ether oxygens (including phenoxy) is 1. The summed E-state index contributed by atoms with van der Waals surface area (Å²) in [5, 5.41) is 7.27. The molecule has 2 amide bonds. The number of aryl methyl sites for hydroxylation is 1. The second kappa shape index (κ2) is 8.08. The summed E-state index contributed by atoms with van der Waals surface area (Å²) >= 11 is 0. The Bertz CT molecular complexity index is 956. The second-order valence-electron chi connectivity index (χ2n) is 6.66. The van der Waals surface area contributed by atoms with Crippen molar-refractivity contribution in [3.8, 4) is 5.88 Å². The first kappa shape index (κ1) is 18.0. The number of urea groups is 1. The zero-order valence-corrected chi connectivity index (χ0v) is 15.7. The maximum atomic E-state index is 12.5. The van der Waals surface area contributed by atoms with Crippen molar-refractivity contribution in [3.05, 3.63) is 71.4 Å². The summed E-state index contributed by atoms with van der Waals surface area (Å²) in [6, 6.07) is 13.5. The summed E-state index contributed by atoms with van der Waals surface area (Å²) in [5.74, 6) is 2.09. The van der Waals surface area contributed by atoms with Gasteiger partial charge < -0.3 is 15.0 Å². The van der Waals surface area contributed by atoms with Gasteiger partial charge in [0.25, 0.3) is 0 Å². The van der Waals surface area contributed by atoms with E-state index >= 15 is 0 Å². The van der Waals surface area contributed by atoms with Crippen LogP contribution in [0.5, 0.6) is 5.88 Å². The van der Waals surface area contributed by atoms with E-state index < -0.39 is 0 Å². The van der Waals surface area contributed by atoms with E-state index in [1.54, 1.807) is 11.1 Å². The van der Waals surface area contributed by atoms with Crippen LogP contribution in [0.2, 0.25) is 0 Å². The van der Waals surface area contributed by atoms with Crippen LogP contribution in [0.15, 0.2) is 48.7 Å². The van der Waals surface area contributed by atoms with Gasteiger partial charge in [-0.05, 0) is 24.1 Å². The molecule has 3 heterocycles. The van der Waals surface area contributed by atoms with Crippen molar-refractivity contribution in [2.24, 2.45) is 0 Å². The van der Waals surface area contributed by atoms with E-state index in [2.05, 4.69) is 20.4 Å². The fraction of sp³-hybridized carbons (Fsp3) is 0.300. The standard InChI is InChI=1S/C20H22N6O2/c1-15-23-18-13-25(9-10-26(18)24-15)20(27)22-12-17-7-8-21-19(11-17)28-14-16-5-3-2-4-6-16/h2-8,11H,9-10,12-14H2,1H3,(H,22,27). The summed E-state index contributed by atoms with van der Waals surface area (Å²) in [7, 11) is 0. The molecule has 1 aromatic carbocycles. The normalized spacial score (nSPS) is 13.1. The molecule has 0 aliphatic carbocycles. The zero-order chi connectivity index (χ0) is 19.3. The van der Waals surface area contributed by atoms with Crippen LogP contribution in [-0.4, -0.2) is 37.2 Å². The Labute approximate surface area is 163 Å². The number of aromatic nitrogens is 4. The lowest BCUT2D eigenvalue weighted by atomic mass is 10.2. The lowest BCUT2D eigenvalue weighted by molar-refractivity contribution is 0.179. The fourth-order valence-electron chi connectivity index (χ4n) is 3.09. The highest BCUT2D eigenvalue weighted by Gasteiger charge is 2.22. The largest absolute Gasteiger partial charge is 0.473 e. The van der Waals surface area contributed by atoms with Crippen LogP contribution in [0, 0.1) is 6.92 Å². The number of carbonyl (C=O) groups excluding carboxylic acids is 1. The molecule has 3 aromatic rings. The SMILES string of the molecule is Cc1nc2n(n1)CCN(C(=O)NCc1ccnc(OCc3ccccc3)c1)C2. The van der Waals surface area contributed by atoms with Crippen LogP contribution >= 0.6 is 0 Å². The van der Waals surface area contributed by atoms with Crippen molar-refractivity contribution in [2.75, 3.05) is 6.54 Å². The molecular formula is C20H22N6O2. The van der Waals surface area contributed by atoms with E-state index in [4.69, 9.17) is 4.74 Å². The molecule has 0 radical (unpaired) electrons. The molecule has 144 valence electrons. The van der Waals surface area contributed by atoms with Gasteiger partial charge in [0.2, 0.25) is 5.88 Å². The number of hydrogen-bond acceptors (Lipinski definition) is 5. The summed E-state index contributed by atoms with van der Waals surface area (Å²) in [6.45, 7) is 4.47. The number of carbonyl (C=O) groups is 1. The highest BCUT2D eigenvalue weighted by atomic mass is 16.5. The van der Waals surface area contributed by atoms with Gasteiger partial charge in [0.15, 0.2) is 0 Å². The van der Waals surface area contributed by atoms with Gasteiger partial charge in [0.1, 0.15) is 18.3 Å². The molecule has 0 saturated carbocycles. The van der Waals surface area contributed by atoms with Crippen LogP contribution in [0.1, 0.15) is 22.8 Å². The molecular weight excluding hydrogens is 356 g/mol. The van der Waals surface area contributed by atoms with Crippen LogP contribution in [0.3, 0.4) is 0 Å². The maximum absolute atomic E-state index is 12.5. The van der Waals surface area contributed by atoms with Gasteiger partial charge in [-0.2, -0.15) is 5.10 Å². The molecule has 8 heteroatoms. The summed E-state index contributed by atoms with van der Waals surface area (Å²) in [6.07, 6.45) is 1.69. The number of nitrogens with zero attached hydrogens (tertiary/aromatic N) is 5. The Balaban J connectivity index is 1.30. The summed E-state index contributed by atoms with van der Waals surface area (Å²) < 4.78 is 7.60. The quantitative estimate of drug-likeness (QED) is 0.736. The number of amides is 2. The van der Waals surface area contributed by atoms with Crippen molar-refractivity contribution in [1.29, 1.82) is 0 Å². The Morgan fingerprint density at radius 3 is 2.89 bits per heavy atom. The van der Waals surface area contributed by atoms with Gasteiger partial charge in [0.05, 0.1) is 13.1 Å². The van der Waals surface area contributed by atoms with Crippen LogP contribution < -0.4 is 10.1 Å². The zero-order valence-electron chi connectivity index (χ0n) is 15.7. The highest BCUT2D eigenvalue weighted by molar-refractivity contribution is 5.74. The van der Waals surface area contributed by atoms with E-state index in [0.717, 1.165) is 22.8 Å². The highest BCUT2D eigenvalue weighted by Crippen LogP contribution is 2.13. The van der Waals surface area contributed by atoms with Crippen molar-refractivity contribution < 1.29 is 9.53 Å². The molecule has 0 bridgehead atoms. The Morgan fingerprint density at radius 1 is 1.18 bits per heavy atom. The number of fused-ring (bicyclic) bond motifs is 1. The molecule has 1 N–H and O–H groups in total. The molecule has 28 heavy (non-hydrogen) atoms. The first-order valence-corrected chi connectivity index (χ1v) is 9.22. The molecule has 0 unspecified atom stereocenters. The van der Waals surface area contributed by atoms with Crippen LogP contribution in [0.25, 0.3) is 0 Å². The topological polar surface area (TPSA) is 85.2 Å². The molecule has 4 rings (SSSR count). The molecule has 0 atom stereocenters.